The van der Waals surface area contributed by atoms with E-state index in [0.29, 0.717) is 25.7 Å². The number of hydrogen-bond acceptors (Lipinski definition) is 14. The zero-order valence-electron chi connectivity index (χ0n) is 36.2. The second-order valence-corrected chi connectivity index (χ2v) is 19.5. The van der Waals surface area contributed by atoms with Crippen LogP contribution in [0.3, 0.4) is 0 Å². The molecule has 4 amide bonds. The Balaban J connectivity index is 0. The highest BCUT2D eigenvalue weighted by Crippen LogP contribution is 2.37. The van der Waals surface area contributed by atoms with Crippen LogP contribution in [-0.4, -0.2) is 102 Å². The molecular formula is C39H69N5O8S5. The van der Waals surface area contributed by atoms with Crippen molar-refractivity contribution in [2.75, 3.05) is 26.7 Å². The first-order valence-electron chi connectivity index (χ1n) is 19.0. The van der Waals surface area contributed by atoms with Gasteiger partial charge in [-0.2, -0.15) is 12.6 Å². The van der Waals surface area contributed by atoms with E-state index in [1.807, 2.05) is 79.8 Å². The second kappa shape index (κ2) is 32.6. The van der Waals surface area contributed by atoms with Gasteiger partial charge in [-0.3, -0.25) is 28.8 Å². The monoisotopic (exact) mass is 895 g/mol. The third-order valence-corrected chi connectivity index (χ3v) is 12.4. The van der Waals surface area contributed by atoms with Gasteiger partial charge in [-0.15, -0.1) is 0 Å². The van der Waals surface area contributed by atoms with Crippen LogP contribution < -0.4 is 21.3 Å². The number of carbonyl (C=O) groups excluding carboxylic acids is 6. The Morgan fingerprint density at radius 3 is 1.28 bits per heavy atom. The number of ether oxygens (including phenoxy) is 2. The fourth-order valence-corrected chi connectivity index (χ4v) is 9.40. The fourth-order valence-electron chi connectivity index (χ4n) is 5.15. The minimum Gasteiger partial charge on any atom is -0.469 e. The number of nitrogens with zero attached hydrogens (tertiary/aromatic N) is 1. The van der Waals surface area contributed by atoms with E-state index in [9.17, 15) is 28.8 Å². The largest absolute Gasteiger partial charge is 0.469 e. The van der Waals surface area contributed by atoms with Crippen LogP contribution in [0, 0.1) is 23.7 Å². The highest BCUT2D eigenvalue weighted by Gasteiger charge is 2.33. The molecule has 0 fully saturated rings. The van der Waals surface area contributed by atoms with Crippen molar-refractivity contribution in [3.63, 3.8) is 0 Å². The number of hydrogen-bond donors (Lipinski definition) is 5. The summed E-state index contributed by atoms with van der Waals surface area (Å²) < 4.78 is 9.58. The molecule has 0 saturated carbocycles. The van der Waals surface area contributed by atoms with E-state index in [2.05, 4.69) is 38.9 Å². The molecule has 0 aliphatic carbocycles. The highest BCUT2D eigenvalue weighted by atomic mass is 33.1. The summed E-state index contributed by atoms with van der Waals surface area (Å²) >= 11 is 3.53. The van der Waals surface area contributed by atoms with Crippen LogP contribution in [0.5, 0.6) is 0 Å². The predicted octanol–water partition coefficient (Wildman–Crippen LogP) is 6.61. The molecule has 1 heterocycles. The van der Waals surface area contributed by atoms with Crippen LogP contribution in [0.1, 0.15) is 94.9 Å². The Labute approximate surface area is 363 Å². The quantitative estimate of drug-likeness (QED) is 0.0450. The van der Waals surface area contributed by atoms with Gasteiger partial charge in [0.05, 0.1) is 36.6 Å². The summed E-state index contributed by atoms with van der Waals surface area (Å²) in [5.41, 5.74) is 0. The number of esters is 2. The molecule has 57 heavy (non-hydrogen) atoms. The van der Waals surface area contributed by atoms with Gasteiger partial charge in [-0.25, -0.2) is 4.98 Å². The molecule has 0 aliphatic heterocycles. The van der Waals surface area contributed by atoms with Crippen LogP contribution in [-0.2, 0) is 38.2 Å². The van der Waals surface area contributed by atoms with E-state index >= 15 is 0 Å². The summed E-state index contributed by atoms with van der Waals surface area (Å²) in [6.07, 6.45) is 6.65. The SMILES string of the molecule is COC(=O)C(C)CC(CC(SSC)C(=O)NC(C)C)C(=O)NC(C)C.COC(=O)C(C)CC(CC(SSc1ccccn1)C(=O)NC(C)C)C(=O)NC(C)C.CS. The van der Waals surface area contributed by atoms with Crippen molar-refractivity contribution in [2.45, 2.75) is 135 Å². The molecule has 1 aromatic rings. The molecule has 0 radical (unpaired) electrons. The van der Waals surface area contributed by atoms with Gasteiger partial charge < -0.3 is 30.7 Å². The average Bonchev–Trinajstić information content (AvgIpc) is 3.14. The molecule has 0 bridgehead atoms. The van der Waals surface area contributed by atoms with E-state index in [4.69, 9.17) is 9.47 Å². The first kappa shape index (κ1) is 56.8. The highest BCUT2D eigenvalue weighted by molar-refractivity contribution is 8.77. The molecule has 328 valence electrons. The fraction of sp³-hybridized carbons (Fsp3) is 0.718. The number of carbonyl (C=O) groups is 6. The molecule has 0 aliphatic rings. The lowest BCUT2D eigenvalue weighted by Crippen LogP contribution is -2.42. The van der Waals surface area contributed by atoms with E-state index in [1.54, 1.807) is 26.3 Å². The third kappa shape index (κ3) is 26.4. The van der Waals surface area contributed by atoms with E-state index in [1.165, 1.54) is 57.4 Å². The number of pyridine rings is 1. The Hall–Kier alpha value is -2.28. The number of methoxy groups -OCH3 is 2. The normalized spacial score (nSPS) is 14.0. The molecular weight excluding hydrogens is 827 g/mol. The van der Waals surface area contributed by atoms with Gasteiger partial charge in [0, 0.05) is 42.2 Å². The lowest BCUT2D eigenvalue weighted by molar-refractivity contribution is -0.146. The number of aromatic nitrogens is 1. The zero-order valence-corrected chi connectivity index (χ0v) is 40.4. The first-order chi connectivity index (χ1) is 26.7. The Morgan fingerprint density at radius 2 is 0.965 bits per heavy atom. The maximum Gasteiger partial charge on any atom is 0.308 e. The number of amides is 4. The topological polar surface area (TPSA) is 182 Å². The Kier molecular flexibility index (Phi) is 32.5. The van der Waals surface area contributed by atoms with Gasteiger partial charge in [-0.1, -0.05) is 52.3 Å². The van der Waals surface area contributed by atoms with E-state index < -0.39 is 28.9 Å². The van der Waals surface area contributed by atoms with E-state index in [0.717, 1.165) is 5.03 Å². The smallest absolute Gasteiger partial charge is 0.308 e. The van der Waals surface area contributed by atoms with Gasteiger partial charge in [-0.05, 0) is 117 Å². The summed E-state index contributed by atoms with van der Waals surface area (Å²) in [6, 6.07) is 5.57. The molecule has 6 unspecified atom stereocenters. The molecule has 0 saturated heterocycles. The molecule has 4 N–H and O–H groups in total. The van der Waals surface area contributed by atoms with Crippen LogP contribution in [0.25, 0.3) is 0 Å². The third-order valence-electron chi connectivity index (χ3n) is 7.63. The first-order valence-corrected chi connectivity index (χ1v) is 24.7. The van der Waals surface area contributed by atoms with Crippen LogP contribution in [0.4, 0.5) is 0 Å². The van der Waals surface area contributed by atoms with Crippen molar-refractivity contribution in [2.24, 2.45) is 23.7 Å². The predicted molar refractivity (Wildman–Crippen MR) is 242 cm³/mol. The maximum atomic E-state index is 12.8. The zero-order chi connectivity index (χ0) is 44.2. The summed E-state index contributed by atoms with van der Waals surface area (Å²) in [7, 11) is 8.39. The standard InChI is InChI=1S/C21H33N3O4S2.C17H32N2O4S2.CH4S/c1-13(2)23-19(25)16(11-15(5)21(27)28-6)12-17(20(26)24-14(3)4)29-30-18-9-7-8-10-22-18;1-10(2)18-15(20)13(8-12(5)17(22)23-6)9-14(25-24-7)16(21)19-11(3)4;1-2/h7-10,13-17H,11-12H2,1-6H3,(H,23,25)(H,24,26);10-14H,8-9H2,1-7H3,(H,18,20)(H,19,21);2H,1H3. The van der Waals surface area contributed by atoms with Crippen molar-refractivity contribution in [3.8, 4) is 0 Å². The van der Waals surface area contributed by atoms with Crippen molar-refractivity contribution >= 4 is 91.4 Å². The van der Waals surface area contributed by atoms with Gasteiger partial charge in [0.15, 0.2) is 0 Å². The molecule has 0 aromatic carbocycles. The Morgan fingerprint density at radius 1 is 0.596 bits per heavy atom. The molecule has 13 nitrogen and oxygen atoms in total. The van der Waals surface area contributed by atoms with E-state index in [-0.39, 0.29) is 65.0 Å². The molecule has 0 spiro atoms. The van der Waals surface area contributed by atoms with Gasteiger partial charge >= 0.3 is 11.9 Å². The van der Waals surface area contributed by atoms with Crippen molar-refractivity contribution in [1.29, 1.82) is 0 Å². The molecule has 18 heteroatoms. The summed E-state index contributed by atoms with van der Waals surface area (Å²) in [5.74, 6) is -2.99. The molecule has 1 aromatic heterocycles. The Bertz CT molecular complexity index is 1330. The van der Waals surface area contributed by atoms with Gasteiger partial charge in [0.2, 0.25) is 23.6 Å². The van der Waals surface area contributed by atoms with Crippen LogP contribution in [0.15, 0.2) is 29.4 Å². The van der Waals surface area contributed by atoms with Crippen LogP contribution >= 0.6 is 55.8 Å². The number of thiol groups is 1. The number of rotatable bonds is 23. The molecule has 1 rings (SSSR count). The van der Waals surface area contributed by atoms with Gasteiger partial charge in [0.1, 0.15) is 5.03 Å². The lowest BCUT2D eigenvalue weighted by atomic mass is 9.90. The van der Waals surface area contributed by atoms with Gasteiger partial charge in [0.25, 0.3) is 0 Å². The summed E-state index contributed by atoms with van der Waals surface area (Å²) in [5, 5.41) is 11.6. The van der Waals surface area contributed by atoms with Crippen molar-refractivity contribution in [1.82, 2.24) is 26.3 Å². The molecule has 6 atom stereocenters. The lowest BCUT2D eigenvalue weighted by Gasteiger charge is -2.25. The minimum absolute atomic E-state index is 0.000392. The van der Waals surface area contributed by atoms with Crippen LogP contribution in [0.2, 0.25) is 0 Å². The summed E-state index contributed by atoms with van der Waals surface area (Å²) in [4.78, 5) is 78.6. The number of nitrogens with one attached hydrogen (secondary N) is 4. The van der Waals surface area contributed by atoms with Crippen molar-refractivity contribution < 1.29 is 38.2 Å². The maximum absolute atomic E-state index is 12.8. The second-order valence-electron chi connectivity index (χ2n) is 14.4. The van der Waals surface area contributed by atoms with Crippen molar-refractivity contribution in [3.05, 3.63) is 24.4 Å². The average molecular weight is 896 g/mol. The summed E-state index contributed by atoms with van der Waals surface area (Å²) in [6.45, 7) is 18.6. The minimum atomic E-state index is -0.499.